The summed E-state index contributed by atoms with van der Waals surface area (Å²) >= 11 is 0. The number of unbranched alkanes of at least 4 members (excludes halogenated alkanes) is 3. The molecule has 0 nitrogen and oxygen atoms in total. The highest BCUT2D eigenvalue weighted by molar-refractivity contribution is 5.17. The monoisotopic (exact) mass is 376 g/mol. The van der Waals surface area contributed by atoms with E-state index in [2.05, 4.69) is 0 Å². The Labute approximate surface area is 165 Å². The highest BCUT2D eigenvalue weighted by atomic mass is 19.2. The average Bonchev–Trinajstić information content (AvgIpc) is 3.20. The minimum Gasteiger partial charge on any atom is -0.204 e. The smallest absolute Gasteiger partial charge is 0.159 e. The number of hydrogen-bond acceptors (Lipinski definition) is 0. The van der Waals surface area contributed by atoms with Crippen LogP contribution in [0.3, 0.4) is 0 Å². The fourth-order valence-corrected chi connectivity index (χ4v) is 5.39. The van der Waals surface area contributed by atoms with E-state index in [4.69, 9.17) is 0 Å². The fourth-order valence-electron chi connectivity index (χ4n) is 5.39. The molecule has 0 N–H and O–H groups in total. The Hall–Kier alpha value is -0.920. The Morgan fingerprint density at radius 1 is 0.630 bits per heavy atom. The van der Waals surface area contributed by atoms with E-state index in [9.17, 15) is 8.78 Å². The van der Waals surface area contributed by atoms with Gasteiger partial charge in [0.1, 0.15) is 0 Å². The van der Waals surface area contributed by atoms with Gasteiger partial charge in [-0.25, -0.2) is 8.78 Å². The van der Waals surface area contributed by atoms with Crippen molar-refractivity contribution >= 4 is 0 Å². The number of halogens is 2. The summed E-state index contributed by atoms with van der Waals surface area (Å²) < 4.78 is 26.3. The Morgan fingerprint density at radius 3 is 1.78 bits per heavy atom. The maximum absolute atomic E-state index is 13.3. The highest BCUT2D eigenvalue weighted by Gasteiger charge is 2.21. The summed E-state index contributed by atoms with van der Waals surface area (Å²) in [5.74, 6) is 1.34. The zero-order chi connectivity index (χ0) is 18.9. The highest BCUT2D eigenvalue weighted by Crippen LogP contribution is 2.34. The summed E-state index contributed by atoms with van der Waals surface area (Å²) in [5, 5.41) is 0. The topological polar surface area (TPSA) is 0 Å². The molecule has 2 aliphatic rings. The number of benzene rings is 1. The van der Waals surface area contributed by atoms with Crippen LogP contribution < -0.4 is 0 Å². The van der Waals surface area contributed by atoms with E-state index >= 15 is 0 Å². The molecule has 0 amide bonds. The summed E-state index contributed by atoms with van der Waals surface area (Å²) in [5.41, 5.74) is 0.939. The van der Waals surface area contributed by atoms with Crippen LogP contribution >= 0.6 is 0 Å². The lowest BCUT2D eigenvalue weighted by molar-refractivity contribution is 0.248. The molecule has 0 radical (unpaired) electrons. The lowest BCUT2D eigenvalue weighted by Crippen LogP contribution is -2.15. The molecule has 2 heteroatoms. The Morgan fingerprint density at radius 2 is 1.19 bits per heavy atom. The van der Waals surface area contributed by atoms with Crippen molar-refractivity contribution in [3.8, 4) is 0 Å². The molecule has 0 heterocycles. The minimum atomic E-state index is -0.738. The maximum atomic E-state index is 13.3. The first-order valence-electron chi connectivity index (χ1n) is 11.6. The van der Waals surface area contributed by atoms with Crippen LogP contribution in [0, 0.1) is 29.4 Å². The largest absolute Gasteiger partial charge is 0.204 e. The van der Waals surface area contributed by atoms with E-state index in [1.54, 1.807) is 6.07 Å². The molecule has 0 atom stereocenters. The van der Waals surface area contributed by atoms with Crippen LogP contribution in [-0.2, 0) is 6.42 Å². The van der Waals surface area contributed by atoms with Crippen molar-refractivity contribution in [2.75, 3.05) is 0 Å². The van der Waals surface area contributed by atoms with Crippen LogP contribution in [0.2, 0.25) is 0 Å². The molecule has 0 saturated heterocycles. The third-order valence-corrected chi connectivity index (χ3v) is 7.24. The van der Waals surface area contributed by atoms with Crippen LogP contribution in [0.4, 0.5) is 8.78 Å². The summed E-state index contributed by atoms with van der Waals surface area (Å²) in [6.45, 7) is 0. The van der Waals surface area contributed by atoms with Crippen molar-refractivity contribution in [1.29, 1.82) is 0 Å². The minimum absolute atomic E-state index is 0.709. The predicted molar refractivity (Wildman–Crippen MR) is 110 cm³/mol. The van der Waals surface area contributed by atoms with Gasteiger partial charge < -0.3 is 0 Å². The second kappa shape index (κ2) is 11.2. The van der Waals surface area contributed by atoms with Crippen LogP contribution in [0.25, 0.3) is 0 Å². The molecule has 0 bridgehead atoms. The first-order chi connectivity index (χ1) is 13.2. The molecule has 0 spiro atoms. The normalized spacial score (nSPS) is 23.8. The Kier molecular flexibility index (Phi) is 8.61. The summed E-state index contributed by atoms with van der Waals surface area (Å²) in [6.07, 6.45) is 22.1. The molecule has 1 aromatic rings. The Balaban J connectivity index is 1.21. The first-order valence-corrected chi connectivity index (χ1v) is 11.6. The molecule has 1 aromatic carbocycles. The van der Waals surface area contributed by atoms with Gasteiger partial charge in [-0.2, -0.15) is 0 Å². The van der Waals surface area contributed by atoms with E-state index in [0.29, 0.717) is 0 Å². The molecular weight excluding hydrogens is 338 g/mol. The second-order valence-electron chi connectivity index (χ2n) is 9.32. The zero-order valence-corrected chi connectivity index (χ0v) is 17.0. The van der Waals surface area contributed by atoms with Gasteiger partial charge in [-0.15, -0.1) is 0 Å². The van der Waals surface area contributed by atoms with Crippen LogP contribution in [-0.4, -0.2) is 0 Å². The van der Waals surface area contributed by atoms with Gasteiger partial charge in [0.15, 0.2) is 11.6 Å². The van der Waals surface area contributed by atoms with Gasteiger partial charge in [0.25, 0.3) is 0 Å². The molecule has 0 unspecified atom stereocenters. The first kappa shape index (κ1) is 20.8. The Bertz CT molecular complexity index is 539. The predicted octanol–water partition coefficient (Wildman–Crippen LogP) is 8.23. The van der Waals surface area contributed by atoms with Gasteiger partial charge in [-0.05, 0) is 48.3 Å². The second-order valence-corrected chi connectivity index (χ2v) is 9.32. The molecule has 0 aromatic heterocycles. The van der Waals surface area contributed by atoms with E-state index in [1.807, 2.05) is 0 Å². The molecule has 152 valence electrons. The molecule has 0 aliphatic heterocycles. The molecule has 2 saturated carbocycles. The number of aryl methyl sites for hydroxylation is 1. The summed E-state index contributed by atoms with van der Waals surface area (Å²) in [6, 6.07) is 4.36. The van der Waals surface area contributed by atoms with Crippen LogP contribution in [0.15, 0.2) is 18.2 Å². The van der Waals surface area contributed by atoms with Gasteiger partial charge in [-0.1, -0.05) is 96.0 Å². The van der Waals surface area contributed by atoms with Crippen LogP contribution in [0.1, 0.15) is 102 Å². The third kappa shape index (κ3) is 7.20. The van der Waals surface area contributed by atoms with E-state index in [0.717, 1.165) is 36.2 Å². The molecule has 3 rings (SSSR count). The molecule has 27 heavy (non-hydrogen) atoms. The number of hydrogen-bond donors (Lipinski definition) is 0. The standard InChI is InChI=1S/C25H38F2/c26-24-18-17-23(19-25(24)27)16-15-22-13-11-21(12-14-22)8-4-2-1-3-7-20-9-5-6-10-20/h17-22H,1-16H2. The van der Waals surface area contributed by atoms with Crippen molar-refractivity contribution in [1.82, 2.24) is 0 Å². The average molecular weight is 377 g/mol. The van der Waals surface area contributed by atoms with Crippen LogP contribution in [0.5, 0.6) is 0 Å². The summed E-state index contributed by atoms with van der Waals surface area (Å²) in [7, 11) is 0. The van der Waals surface area contributed by atoms with Crippen molar-refractivity contribution in [2.45, 2.75) is 103 Å². The molecule has 2 aliphatic carbocycles. The maximum Gasteiger partial charge on any atom is 0.159 e. The van der Waals surface area contributed by atoms with Gasteiger partial charge in [0, 0.05) is 0 Å². The van der Waals surface area contributed by atoms with Crippen molar-refractivity contribution in [3.63, 3.8) is 0 Å². The van der Waals surface area contributed by atoms with Crippen molar-refractivity contribution in [3.05, 3.63) is 35.4 Å². The van der Waals surface area contributed by atoms with Gasteiger partial charge in [0.2, 0.25) is 0 Å². The molecule has 2 fully saturated rings. The zero-order valence-electron chi connectivity index (χ0n) is 17.0. The SMILES string of the molecule is Fc1ccc(CCC2CCC(CCCCCCC3CCCC3)CC2)cc1F. The fraction of sp³-hybridized carbons (Fsp3) is 0.760. The van der Waals surface area contributed by atoms with E-state index in [1.165, 1.54) is 102 Å². The van der Waals surface area contributed by atoms with Gasteiger partial charge in [0.05, 0.1) is 0 Å². The molecular formula is C25H38F2. The lowest BCUT2D eigenvalue weighted by Gasteiger charge is -2.28. The van der Waals surface area contributed by atoms with Crippen molar-refractivity contribution < 1.29 is 8.78 Å². The lowest BCUT2D eigenvalue weighted by atomic mass is 9.77. The number of rotatable bonds is 10. The van der Waals surface area contributed by atoms with Crippen molar-refractivity contribution in [2.24, 2.45) is 17.8 Å². The third-order valence-electron chi connectivity index (χ3n) is 7.24. The van der Waals surface area contributed by atoms with E-state index in [-0.39, 0.29) is 0 Å². The van der Waals surface area contributed by atoms with Gasteiger partial charge in [-0.3, -0.25) is 0 Å². The quantitative estimate of drug-likeness (QED) is 0.361. The van der Waals surface area contributed by atoms with Gasteiger partial charge >= 0.3 is 0 Å². The van der Waals surface area contributed by atoms with E-state index < -0.39 is 11.6 Å². The summed E-state index contributed by atoms with van der Waals surface area (Å²) in [4.78, 5) is 0.